The van der Waals surface area contributed by atoms with E-state index in [1.165, 1.54) is 0 Å². The lowest BCUT2D eigenvalue weighted by Gasteiger charge is -2.19. The van der Waals surface area contributed by atoms with E-state index in [4.69, 9.17) is 19.7 Å². The van der Waals surface area contributed by atoms with E-state index in [9.17, 15) is 4.79 Å². The zero-order chi connectivity index (χ0) is 13.5. The first kappa shape index (κ1) is 14.8. The second kappa shape index (κ2) is 6.41. The quantitative estimate of drug-likeness (QED) is 0.604. The Bertz CT molecular complexity index is 349. The molecule has 4 N–H and O–H groups in total. The summed E-state index contributed by atoms with van der Waals surface area (Å²) in [5.74, 6) is 0.516. The summed E-state index contributed by atoms with van der Waals surface area (Å²) >= 11 is 0. The third-order valence-electron chi connectivity index (χ3n) is 1.26. The molecule has 1 amide bonds. The van der Waals surface area contributed by atoms with Gasteiger partial charge in [-0.3, -0.25) is 0 Å². The largest absolute Gasteiger partial charge is 0.503 e. The van der Waals surface area contributed by atoms with E-state index in [1.807, 2.05) is 20.8 Å². The van der Waals surface area contributed by atoms with Crippen molar-refractivity contribution < 1.29 is 24.5 Å². The number of hydrogen-bond acceptors (Lipinski definition) is 3. The summed E-state index contributed by atoms with van der Waals surface area (Å²) in [6, 6.07) is 1.68. The lowest BCUT2D eigenvalue weighted by Crippen LogP contribution is -2.42. The molecule has 0 aliphatic rings. The van der Waals surface area contributed by atoms with Crippen LogP contribution in [0.25, 0.3) is 0 Å². The number of aromatic nitrogens is 1. The summed E-state index contributed by atoms with van der Waals surface area (Å²) < 4.78 is 4.95. The molecule has 1 rings (SSSR count). The van der Waals surface area contributed by atoms with Crippen molar-refractivity contribution in [3.8, 4) is 5.75 Å². The molecule has 0 unspecified atom stereocenters. The van der Waals surface area contributed by atoms with Gasteiger partial charge in [0.05, 0.1) is 0 Å². The van der Waals surface area contributed by atoms with Crippen LogP contribution in [0.2, 0.25) is 0 Å². The Kier molecular flexibility index (Phi) is 5.59. The highest BCUT2D eigenvalue weighted by Crippen LogP contribution is 2.08. The van der Waals surface area contributed by atoms with Crippen LogP contribution >= 0.6 is 0 Å². The number of H-pyrrole nitrogens is 1. The molecule has 0 radical (unpaired) electrons. The Balaban J connectivity index is 0.000000557. The Morgan fingerprint density at radius 2 is 1.88 bits per heavy atom. The molecule has 96 valence electrons. The van der Waals surface area contributed by atoms with Gasteiger partial charge in [0.15, 0.2) is 0 Å². The fourth-order valence-electron chi connectivity index (χ4n) is 0.811. The monoisotopic (exact) mass is 244 g/mol. The maximum absolute atomic E-state index is 11.2. The molecule has 17 heavy (non-hydrogen) atoms. The van der Waals surface area contributed by atoms with Crippen LogP contribution in [0, 0.1) is 0 Å². The third-order valence-corrected chi connectivity index (χ3v) is 1.26. The van der Waals surface area contributed by atoms with Crippen molar-refractivity contribution in [2.75, 3.05) is 0 Å². The Morgan fingerprint density at radius 1 is 1.35 bits per heavy atom. The number of carbonyl (C=O) groups is 2. The van der Waals surface area contributed by atoms with E-state index < -0.39 is 12.2 Å². The van der Waals surface area contributed by atoms with Gasteiger partial charge in [-0.15, -0.1) is 0 Å². The van der Waals surface area contributed by atoms with Crippen LogP contribution in [0.5, 0.6) is 5.75 Å². The maximum Gasteiger partial charge on any atom is 0.503 e. The molecule has 0 fully saturated rings. The first-order chi connectivity index (χ1) is 7.70. The average Bonchev–Trinajstić information content (AvgIpc) is 2.50. The molecule has 0 atom stereocenters. The molecule has 7 nitrogen and oxygen atoms in total. The predicted octanol–water partition coefficient (Wildman–Crippen LogP) is 2.12. The smallest absolute Gasteiger partial charge is 0.450 e. The van der Waals surface area contributed by atoms with Gasteiger partial charge in [-0.2, -0.15) is 0 Å². The van der Waals surface area contributed by atoms with Gasteiger partial charge in [0, 0.05) is 17.9 Å². The van der Waals surface area contributed by atoms with Gasteiger partial charge in [-0.1, -0.05) is 0 Å². The number of aromatic amines is 1. The second-order valence-electron chi connectivity index (χ2n) is 4.09. The van der Waals surface area contributed by atoms with Crippen LogP contribution in [0.4, 0.5) is 9.59 Å². The van der Waals surface area contributed by atoms with E-state index >= 15 is 0 Å². The van der Waals surface area contributed by atoms with Gasteiger partial charge in [0.2, 0.25) is 0 Å². The number of amides is 1. The summed E-state index contributed by atoms with van der Waals surface area (Å²) in [5, 5.41) is 16.6. The fraction of sp³-hybridized carbons (Fsp3) is 0.400. The van der Waals surface area contributed by atoms with Crippen LogP contribution in [0.1, 0.15) is 20.8 Å². The minimum Gasteiger partial charge on any atom is -0.450 e. The molecular weight excluding hydrogens is 228 g/mol. The summed E-state index contributed by atoms with van der Waals surface area (Å²) in [6.07, 6.45) is 1.04. The van der Waals surface area contributed by atoms with Crippen molar-refractivity contribution in [1.82, 2.24) is 10.3 Å². The van der Waals surface area contributed by atoms with Crippen molar-refractivity contribution in [2.24, 2.45) is 0 Å². The van der Waals surface area contributed by atoms with Crippen LogP contribution in [0.3, 0.4) is 0 Å². The van der Waals surface area contributed by atoms with Gasteiger partial charge in [-0.25, -0.2) is 9.59 Å². The van der Waals surface area contributed by atoms with Gasteiger partial charge < -0.3 is 25.3 Å². The molecule has 0 bridgehead atoms. The highest BCUT2D eigenvalue weighted by atomic mass is 16.6. The lowest BCUT2D eigenvalue weighted by atomic mass is 10.1. The van der Waals surface area contributed by atoms with E-state index in [2.05, 4.69) is 10.3 Å². The molecule has 7 heteroatoms. The van der Waals surface area contributed by atoms with E-state index in [0.29, 0.717) is 5.75 Å². The van der Waals surface area contributed by atoms with E-state index in [1.54, 1.807) is 18.5 Å². The highest BCUT2D eigenvalue weighted by molar-refractivity contribution is 5.70. The molecular formula is C10H16N2O5. The molecule has 0 saturated carbocycles. The summed E-state index contributed by atoms with van der Waals surface area (Å²) in [4.78, 5) is 22.5. The van der Waals surface area contributed by atoms with Crippen molar-refractivity contribution in [3.63, 3.8) is 0 Å². The summed E-state index contributed by atoms with van der Waals surface area (Å²) in [7, 11) is 0. The van der Waals surface area contributed by atoms with Crippen molar-refractivity contribution in [1.29, 1.82) is 0 Å². The third kappa shape index (κ3) is 10.1. The highest BCUT2D eigenvalue weighted by Gasteiger charge is 2.14. The van der Waals surface area contributed by atoms with Gasteiger partial charge in [0.1, 0.15) is 5.75 Å². The average molecular weight is 244 g/mol. The molecule has 1 aromatic heterocycles. The minimum atomic E-state index is -1.83. The van der Waals surface area contributed by atoms with Crippen LogP contribution < -0.4 is 10.1 Å². The molecule has 1 heterocycles. The molecule has 0 spiro atoms. The van der Waals surface area contributed by atoms with Crippen LogP contribution in [-0.4, -0.2) is 33.0 Å². The molecule has 0 saturated heterocycles. The summed E-state index contributed by atoms with van der Waals surface area (Å²) in [5.41, 5.74) is -0.270. The Hall–Kier alpha value is -2.18. The zero-order valence-corrected chi connectivity index (χ0v) is 9.85. The van der Waals surface area contributed by atoms with Crippen molar-refractivity contribution in [3.05, 3.63) is 18.5 Å². The predicted molar refractivity (Wildman–Crippen MR) is 60.4 cm³/mol. The van der Waals surface area contributed by atoms with Gasteiger partial charge in [-0.05, 0) is 26.8 Å². The fourth-order valence-corrected chi connectivity index (χ4v) is 0.811. The Morgan fingerprint density at radius 3 is 2.24 bits per heavy atom. The van der Waals surface area contributed by atoms with E-state index in [0.717, 1.165) is 0 Å². The number of hydrogen-bond donors (Lipinski definition) is 4. The van der Waals surface area contributed by atoms with Crippen LogP contribution in [0.15, 0.2) is 18.5 Å². The SMILES string of the molecule is CC(C)(C)NC(=O)Oc1cc[nH]c1.O=C(O)O. The molecule has 0 aromatic carbocycles. The Labute approximate surface area is 98.4 Å². The first-order valence-corrected chi connectivity index (χ1v) is 4.75. The number of nitrogens with one attached hydrogen (secondary N) is 2. The lowest BCUT2D eigenvalue weighted by molar-refractivity contribution is 0.137. The molecule has 1 aromatic rings. The van der Waals surface area contributed by atoms with Crippen molar-refractivity contribution in [2.45, 2.75) is 26.3 Å². The van der Waals surface area contributed by atoms with Gasteiger partial charge >= 0.3 is 12.2 Å². The minimum absolute atomic E-state index is 0.270. The number of ether oxygens (including phenoxy) is 1. The number of carboxylic acid groups (broad SMARTS) is 2. The molecule has 0 aliphatic heterocycles. The van der Waals surface area contributed by atoms with Gasteiger partial charge in [0.25, 0.3) is 0 Å². The van der Waals surface area contributed by atoms with Crippen LogP contribution in [-0.2, 0) is 0 Å². The zero-order valence-electron chi connectivity index (χ0n) is 9.85. The normalized spacial score (nSPS) is 9.82. The molecule has 0 aliphatic carbocycles. The topological polar surface area (TPSA) is 112 Å². The maximum atomic E-state index is 11.2. The first-order valence-electron chi connectivity index (χ1n) is 4.75. The number of rotatable bonds is 1. The summed E-state index contributed by atoms with van der Waals surface area (Å²) in [6.45, 7) is 5.68. The van der Waals surface area contributed by atoms with Crippen molar-refractivity contribution >= 4 is 12.2 Å². The second-order valence-corrected chi connectivity index (χ2v) is 4.09. The number of carbonyl (C=O) groups excluding carboxylic acids is 1. The van der Waals surface area contributed by atoms with E-state index in [-0.39, 0.29) is 5.54 Å². The standard InChI is InChI=1S/C9H14N2O2.CH2O3/c1-9(2,3)11-8(12)13-7-4-5-10-6-7;2-1(3)4/h4-6,10H,1-3H3,(H,11,12);(H2,2,3,4).